The third kappa shape index (κ3) is 5.13. The Morgan fingerprint density at radius 1 is 1.55 bits per heavy atom. The van der Waals surface area contributed by atoms with Gasteiger partial charge in [0.1, 0.15) is 5.76 Å². The van der Waals surface area contributed by atoms with E-state index in [4.69, 9.17) is 4.74 Å². The molecule has 0 saturated heterocycles. The number of ether oxygens (including phenoxy) is 2. The van der Waals surface area contributed by atoms with Gasteiger partial charge in [0, 0.05) is 18.9 Å². The molecule has 0 aromatic heterocycles. The van der Waals surface area contributed by atoms with Crippen molar-refractivity contribution in [2.24, 2.45) is 5.92 Å². The van der Waals surface area contributed by atoms with E-state index in [1.54, 1.807) is 12.2 Å². The molecular formula is C14H19F2NO3. The Kier molecular flexibility index (Phi) is 6.38. The highest BCUT2D eigenvalue weighted by Gasteiger charge is 2.23. The first kappa shape index (κ1) is 16.4. The summed E-state index contributed by atoms with van der Waals surface area (Å²) in [5.41, 5.74) is 0. The molecule has 4 nitrogen and oxygen atoms in total. The van der Waals surface area contributed by atoms with Gasteiger partial charge in [0.15, 0.2) is 11.5 Å². The summed E-state index contributed by atoms with van der Waals surface area (Å²) in [5, 5.41) is 0. The van der Waals surface area contributed by atoms with Crippen molar-refractivity contribution in [3.8, 4) is 0 Å². The second kappa shape index (κ2) is 7.79. The maximum absolute atomic E-state index is 12.2. The maximum Gasteiger partial charge on any atom is 0.387 e. The van der Waals surface area contributed by atoms with E-state index in [0.29, 0.717) is 6.54 Å². The first-order valence-corrected chi connectivity index (χ1v) is 6.19. The highest BCUT2D eigenvalue weighted by Crippen LogP contribution is 2.27. The molecule has 0 radical (unpaired) electrons. The number of nitrogens with zero attached hydrogens (tertiary/aromatic N) is 1. The number of rotatable bonds is 7. The molecule has 112 valence electrons. The van der Waals surface area contributed by atoms with Crippen LogP contribution < -0.4 is 0 Å². The number of hydrogen-bond donors (Lipinski definition) is 0. The summed E-state index contributed by atoms with van der Waals surface area (Å²) in [4.78, 5) is 13.9. The maximum atomic E-state index is 12.2. The Morgan fingerprint density at radius 3 is 2.80 bits per heavy atom. The zero-order valence-electron chi connectivity index (χ0n) is 11.8. The van der Waals surface area contributed by atoms with Crippen molar-refractivity contribution >= 4 is 5.78 Å². The van der Waals surface area contributed by atoms with Crippen molar-refractivity contribution in [2.75, 3.05) is 27.7 Å². The van der Waals surface area contributed by atoms with Crippen LogP contribution >= 0.6 is 0 Å². The van der Waals surface area contributed by atoms with Gasteiger partial charge in [-0.05, 0) is 26.2 Å². The lowest BCUT2D eigenvalue weighted by molar-refractivity contribution is -0.117. The van der Waals surface area contributed by atoms with E-state index in [1.165, 1.54) is 19.3 Å². The fourth-order valence-electron chi connectivity index (χ4n) is 1.75. The van der Waals surface area contributed by atoms with Gasteiger partial charge in [0.25, 0.3) is 0 Å². The number of methoxy groups -OCH3 is 1. The molecule has 0 heterocycles. The van der Waals surface area contributed by atoms with Gasteiger partial charge in [-0.2, -0.15) is 8.78 Å². The van der Waals surface area contributed by atoms with Crippen molar-refractivity contribution in [3.63, 3.8) is 0 Å². The molecular weight excluding hydrogens is 268 g/mol. The SMILES string of the molecule is COC1=C(OC(F)F)C=CC(C(=O)/C=C/CN(C)C)C1. The number of ketones is 1. The normalized spacial score (nSPS) is 19.2. The van der Waals surface area contributed by atoms with Gasteiger partial charge in [-0.1, -0.05) is 12.2 Å². The molecule has 0 spiro atoms. The smallest absolute Gasteiger partial charge is 0.387 e. The van der Waals surface area contributed by atoms with Crippen LogP contribution in [0.5, 0.6) is 0 Å². The molecule has 1 aliphatic carbocycles. The third-order valence-corrected chi connectivity index (χ3v) is 2.74. The predicted molar refractivity (Wildman–Crippen MR) is 71.1 cm³/mol. The van der Waals surface area contributed by atoms with Crippen LogP contribution in [0.2, 0.25) is 0 Å². The van der Waals surface area contributed by atoms with Crippen molar-refractivity contribution in [3.05, 3.63) is 35.8 Å². The molecule has 0 aliphatic heterocycles. The highest BCUT2D eigenvalue weighted by atomic mass is 19.3. The summed E-state index contributed by atoms with van der Waals surface area (Å²) in [6.45, 7) is -2.25. The molecule has 1 aliphatic rings. The zero-order valence-corrected chi connectivity index (χ0v) is 11.8. The van der Waals surface area contributed by atoms with Crippen molar-refractivity contribution in [2.45, 2.75) is 13.0 Å². The van der Waals surface area contributed by atoms with E-state index in [-0.39, 0.29) is 23.7 Å². The molecule has 0 saturated carbocycles. The van der Waals surface area contributed by atoms with E-state index in [0.717, 1.165) is 0 Å². The second-order valence-corrected chi connectivity index (χ2v) is 4.61. The summed E-state index contributed by atoms with van der Waals surface area (Å²) in [6, 6.07) is 0. The first-order valence-electron chi connectivity index (χ1n) is 6.19. The predicted octanol–water partition coefficient (Wildman–Crippen LogP) is 2.35. The topological polar surface area (TPSA) is 38.8 Å². The minimum atomic E-state index is -2.91. The standard InChI is InChI=1S/C14H19F2NO3/c1-17(2)8-4-5-11(18)10-6-7-12(20-14(15)16)13(9-10)19-3/h4-7,10,14H,8-9H2,1-3H3/b5-4+. The van der Waals surface area contributed by atoms with Crippen molar-refractivity contribution < 1.29 is 23.0 Å². The lowest BCUT2D eigenvalue weighted by atomic mass is 9.94. The second-order valence-electron chi connectivity index (χ2n) is 4.61. The van der Waals surface area contributed by atoms with Crippen LogP contribution in [0.4, 0.5) is 8.78 Å². The van der Waals surface area contributed by atoms with Gasteiger partial charge in [0.05, 0.1) is 7.11 Å². The Morgan fingerprint density at radius 2 is 2.25 bits per heavy atom. The Hall–Kier alpha value is -1.69. The Labute approximate surface area is 117 Å². The van der Waals surface area contributed by atoms with E-state index in [1.807, 2.05) is 19.0 Å². The number of alkyl halides is 2. The summed E-state index contributed by atoms with van der Waals surface area (Å²) in [6.07, 6.45) is 6.40. The minimum Gasteiger partial charge on any atom is -0.497 e. The van der Waals surface area contributed by atoms with Gasteiger partial charge >= 0.3 is 6.61 Å². The van der Waals surface area contributed by atoms with Gasteiger partial charge in [-0.25, -0.2) is 0 Å². The number of carbonyl (C=O) groups excluding carboxylic acids is 1. The molecule has 0 fully saturated rings. The summed E-state index contributed by atoms with van der Waals surface area (Å²) in [5.74, 6) is -0.266. The quantitative estimate of drug-likeness (QED) is 0.674. The van der Waals surface area contributed by atoms with Crippen LogP contribution in [0.3, 0.4) is 0 Å². The van der Waals surface area contributed by atoms with E-state index >= 15 is 0 Å². The molecule has 20 heavy (non-hydrogen) atoms. The summed E-state index contributed by atoms with van der Waals surface area (Å²) < 4.78 is 33.7. The van der Waals surface area contributed by atoms with Crippen molar-refractivity contribution in [1.29, 1.82) is 0 Å². The Bertz CT molecular complexity index is 428. The summed E-state index contributed by atoms with van der Waals surface area (Å²) in [7, 11) is 5.16. The van der Waals surface area contributed by atoms with E-state index in [2.05, 4.69) is 4.74 Å². The van der Waals surface area contributed by atoms with Crippen molar-refractivity contribution in [1.82, 2.24) is 4.90 Å². The molecule has 1 atom stereocenters. The molecule has 0 aromatic rings. The first-order chi connectivity index (χ1) is 9.43. The number of carbonyl (C=O) groups is 1. The zero-order chi connectivity index (χ0) is 15.1. The largest absolute Gasteiger partial charge is 0.497 e. The number of allylic oxidation sites excluding steroid dienone is 4. The van der Waals surface area contributed by atoms with E-state index < -0.39 is 12.5 Å². The molecule has 1 unspecified atom stereocenters. The molecule has 6 heteroatoms. The van der Waals surface area contributed by atoms with Crippen LogP contribution in [-0.4, -0.2) is 45.0 Å². The van der Waals surface area contributed by atoms with Gasteiger partial charge < -0.3 is 14.4 Å². The fourth-order valence-corrected chi connectivity index (χ4v) is 1.75. The highest BCUT2D eigenvalue weighted by molar-refractivity contribution is 5.93. The lowest BCUT2D eigenvalue weighted by Gasteiger charge is -2.19. The average molecular weight is 287 g/mol. The third-order valence-electron chi connectivity index (χ3n) is 2.74. The van der Waals surface area contributed by atoms with Crippen LogP contribution in [0, 0.1) is 5.92 Å². The molecule has 0 bridgehead atoms. The molecule has 0 N–H and O–H groups in total. The van der Waals surface area contributed by atoms with Gasteiger partial charge in [0.2, 0.25) is 0 Å². The number of halogens is 2. The van der Waals surface area contributed by atoms with E-state index in [9.17, 15) is 13.6 Å². The lowest BCUT2D eigenvalue weighted by Crippen LogP contribution is -2.17. The number of hydrogen-bond acceptors (Lipinski definition) is 4. The number of likely N-dealkylation sites (N-methyl/N-ethyl adjacent to an activating group) is 1. The Balaban J connectivity index is 2.66. The van der Waals surface area contributed by atoms with Crippen LogP contribution in [0.25, 0.3) is 0 Å². The molecule has 0 amide bonds. The molecule has 0 aromatic carbocycles. The van der Waals surface area contributed by atoms with Gasteiger partial charge in [-0.3, -0.25) is 4.79 Å². The van der Waals surface area contributed by atoms with Gasteiger partial charge in [-0.15, -0.1) is 0 Å². The average Bonchev–Trinajstić information content (AvgIpc) is 2.37. The minimum absolute atomic E-state index is 0.0242. The summed E-state index contributed by atoms with van der Waals surface area (Å²) >= 11 is 0. The van der Waals surface area contributed by atoms with Crippen LogP contribution in [0.15, 0.2) is 35.8 Å². The monoisotopic (exact) mass is 287 g/mol. The van der Waals surface area contributed by atoms with Crippen LogP contribution in [0.1, 0.15) is 6.42 Å². The van der Waals surface area contributed by atoms with Crippen LogP contribution in [-0.2, 0) is 14.3 Å². The molecule has 1 rings (SSSR count). The fraction of sp³-hybridized carbons (Fsp3) is 0.500.